The predicted molar refractivity (Wildman–Crippen MR) is 79.4 cm³/mol. The molecule has 0 aliphatic rings. The predicted octanol–water partition coefficient (Wildman–Crippen LogP) is 3.15. The maximum absolute atomic E-state index is 13.5. The van der Waals surface area contributed by atoms with Gasteiger partial charge in [-0.1, -0.05) is 23.7 Å². The van der Waals surface area contributed by atoms with Crippen molar-refractivity contribution in [2.75, 3.05) is 6.61 Å². The fourth-order valence-electron chi connectivity index (χ4n) is 2.05. The molecule has 1 unspecified atom stereocenters. The number of halogens is 4. The van der Waals surface area contributed by atoms with E-state index in [1.165, 1.54) is 0 Å². The van der Waals surface area contributed by atoms with E-state index in [1.807, 2.05) is 0 Å². The number of carbonyl (C=O) groups is 1. The Morgan fingerprint density at radius 3 is 2.30 bits per heavy atom. The van der Waals surface area contributed by atoms with Gasteiger partial charge in [0.15, 0.2) is 11.6 Å². The summed E-state index contributed by atoms with van der Waals surface area (Å²) in [4.78, 5) is 11.9. The van der Waals surface area contributed by atoms with Crippen LogP contribution in [0.15, 0.2) is 36.4 Å². The molecule has 23 heavy (non-hydrogen) atoms. The third-order valence-corrected chi connectivity index (χ3v) is 3.48. The summed E-state index contributed by atoms with van der Waals surface area (Å²) in [5.41, 5.74) is 0.338. The summed E-state index contributed by atoms with van der Waals surface area (Å²) in [6.07, 6.45) is -0.479. The van der Waals surface area contributed by atoms with Gasteiger partial charge in [0.2, 0.25) is 5.91 Å². The molecule has 0 aliphatic carbocycles. The van der Waals surface area contributed by atoms with Gasteiger partial charge in [-0.3, -0.25) is 4.79 Å². The molecule has 2 rings (SSSR count). The van der Waals surface area contributed by atoms with Crippen LogP contribution in [0.4, 0.5) is 13.2 Å². The molecule has 1 amide bonds. The maximum Gasteiger partial charge on any atom is 0.225 e. The number of rotatable bonds is 5. The van der Waals surface area contributed by atoms with E-state index in [0.717, 1.165) is 0 Å². The molecule has 0 aliphatic heterocycles. The number of aliphatic hydroxyl groups is 1. The van der Waals surface area contributed by atoms with Gasteiger partial charge in [0.05, 0.1) is 19.1 Å². The minimum atomic E-state index is -1.32. The van der Waals surface area contributed by atoms with Gasteiger partial charge in [-0.2, -0.15) is 0 Å². The lowest BCUT2D eigenvalue weighted by atomic mass is 10.1. The SMILES string of the molecule is O=C(Cc1cc(F)c(F)cc1F)NC(CO)c1ccc(Cl)cc1. The highest BCUT2D eigenvalue weighted by molar-refractivity contribution is 6.30. The van der Waals surface area contributed by atoms with Gasteiger partial charge in [-0.15, -0.1) is 0 Å². The van der Waals surface area contributed by atoms with Crippen molar-refractivity contribution >= 4 is 17.5 Å². The average molecular weight is 344 g/mol. The minimum Gasteiger partial charge on any atom is -0.394 e. The highest BCUT2D eigenvalue weighted by atomic mass is 35.5. The molecule has 0 heterocycles. The van der Waals surface area contributed by atoms with Gasteiger partial charge in [0, 0.05) is 16.7 Å². The second-order valence-corrected chi connectivity index (χ2v) is 5.33. The second-order valence-electron chi connectivity index (χ2n) is 4.89. The highest BCUT2D eigenvalue weighted by Gasteiger charge is 2.17. The zero-order chi connectivity index (χ0) is 17.0. The third-order valence-electron chi connectivity index (χ3n) is 3.23. The Morgan fingerprint density at radius 1 is 1.09 bits per heavy atom. The number of nitrogens with one attached hydrogen (secondary N) is 1. The first-order chi connectivity index (χ1) is 10.9. The number of aliphatic hydroxyl groups excluding tert-OH is 1. The number of amides is 1. The minimum absolute atomic E-state index is 0.269. The molecule has 1 atom stereocenters. The van der Waals surface area contributed by atoms with E-state index >= 15 is 0 Å². The van der Waals surface area contributed by atoms with Crippen LogP contribution in [-0.4, -0.2) is 17.6 Å². The van der Waals surface area contributed by atoms with E-state index in [2.05, 4.69) is 5.32 Å². The maximum atomic E-state index is 13.5. The van der Waals surface area contributed by atoms with Gasteiger partial charge in [-0.25, -0.2) is 13.2 Å². The largest absolute Gasteiger partial charge is 0.394 e. The molecule has 0 spiro atoms. The number of hydrogen-bond donors (Lipinski definition) is 2. The van der Waals surface area contributed by atoms with Gasteiger partial charge < -0.3 is 10.4 Å². The summed E-state index contributed by atoms with van der Waals surface area (Å²) in [7, 11) is 0. The summed E-state index contributed by atoms with van der Waals surface area (Å²) < 4.78 is 39.5. The van der Waals surface area contributed by atoms with E-state index in [9.17, 15) is 23.1 Å². The fourth-order valence-corrected chi connectivity index (χ4v) is 2.17. The molecule has 3 nitrogen and oxygen atoms in total. The Kier molecular flexibility index (Phi) is 5.63. The van der Waals surface area contributed by atoms with Crippen molar-refractivity contribution in [1.29, 1.82) is 0 Å². The van der Waals surface area contributed by atoms with E-state index < -0.39 is 35.8 Å². The van der Waals surface area contributed by atoms with Crippen LogP contribution in [0.5, 0.6) is 0 Å². The lowest BCUT2D eigenvalue weighted by Crippen LogP contribution is -2.32. The zero-order valence-corrected chi connectivity index (χ0v) is 12.6. The normalized spacial score (nSPS) is 12.0. The van der Waals surface area contributed by atoms with E-state index in [4.69, 9.17) is 11.6 Å². The van der Waals surface area contributed by atoms with Crippen molar-refractivity contribution in [3.8, 4) is 0 Å². The Morgan fingerprint density at radius 2 is 1.70 bits per heavy atom. The van der Waals surface area contributed by atoms with Crippen LogP contribution in [0.3, 0.4) is 0 Å². The van der Waals surface area contributed by atoms with Crippen LogP contribution in [-0.2, 0) is 11.2 Å². The average Bonchev–Trinajstić information content (AvgIpc) is 2.51. The van der Waals surface area contributed by atoms with Crippen molar-refractivity contribution in [3.63, 3.8) is 0 Å². The van der Waals surface area contributed by atoms with E-state index in [0.29, 0.717) is 22.7 Å². The molecule has 0 radical (unpaired) electrons. The van der Waals surface area contributed by atoms with E-state index in [-0.39, 0.29) is 12.2 Å². The van der Waals surface area contributed by atoms with Gasteiger partial charge in [0.25, 0.3) is 0 Å². The first kappa shape index (κ1) is 17.3. The molecule has 7 heteroatoms. The molecule has 0 saturated carbocycles. The summed E-state index contributed by atoms with van der Waals surface area (Å²) in [5.74, 6) is -4.19. The topological polar surface area (TPSA) is 49.3 Å². The standard InChI is InChI=1S/C16H13ClF3NO2/c17-11-3-1-9(2-4-11)15(8-22)21-16(23)6-10-5-13(19)14(20)7-12(10)18/h1-5,7,15,22H,6,8H2,(H,21,23). The number of hydrogen-bond acceptors (Lipinski definition) is 2. The van der Waals surface area contributed by atoms with Gasteiger partial charge in [-0.05, 0) is 23.8 Å². The van der Waals surface area contributed by atoms with Gasteiger partial charge >= 0.3 is 0 Å². The molecular formula is C16H13ClF3NO2. The zero-order valence-electron chi connectivity index (χ0n) is 11.8. The monoisotopic (exact) mass is 343 g/mol. The van der Waals surface area contributed by atoms with Crippen molar-refractivity contribution in [2.45, 2.75) is 12.5 Å². The second kappa shape index (κ2) is 7.48. The van der Waals surface area contributed by atoms with E-state index in [1.54, 1.807) is 24.3 Å². The molecule has 122 valence electrons. The quantitative estimate of drug-likeness (QED) is 0.819. The third kappa shape index (κ3) is 4.46. The summed E-state index contributed by atoms with van der Waals surface area (Å²) >= 11 is 5.76. The van der Waals surface area contributed by atoms with Crippen LogP contribution in [0.2, 0.25) is 5.02 Å². The lowest BCUT2D eigenvalue weighted by Gasteiger charge is -2.17. The molecule has 0 bridgehead atoms. The number of carbonyl (C=O) groups excluding carboxylic acids is 1. The highest BCUT2D eigenvalue weighted by Crippen LogP contribution is 2.18. The molecule has 2 N–H and O–H groups in total. The Bertz CT molecular complexity index is 707. The van der Waals surface area contributed by atoms with Crippen LogP contribution >= 0.6 is 11.6 Å². The molecule has 0 fully saturated rings. The van der Waals surface area contributed by atoms with Crippen LogP contribution in [0.25, 0.3) is 0 Å². The first-order valence-electron chi connectivity index (χ1n) is 6.70. The fraction of sp³-hybridized carbons (Fsp3) is 0.188. The van der Waals surface area contributed by atoms with Crippen LogP contribution in [0.1, 0.15) is 17.2 Å². The molecular weight excluding hydrogens is 331 g/mol. The molecule has 0 aromatic heterocycles. The van der Waals surface area contributed by atoms with Crippen LogP contribution in [0, 0.1) is 17.5 Å². The van der Waals surface area contributed by atoms with Gasteiger partial charge in [0.1, 0.15) is 5.82 Å². The lowest BCUT2D eigenvalue weighted by molar-refractivity contribution is -0.121. The smallest absolute Gasteiger partial charge is 0.225 e. The van der Waals surface area contributed by atoms with Crippen molar-refractivity contribution < 1.29 is 23.1 Å². The Hall–Kier alpha value is -2.05. The molecule has 2 aromatic carbocycles. The van der Waals surface area contributed by atoms with Crippen molar-refractivity contribution in [1.82, 2.24) is 5.32 Å². The Labute approximate surface area is 135 Å². The first-order valence-corrected chi connectivity index (χ1v) is 7.07. The Balaban J connectivity index is 2.08. The van der Waals surface area contributed by atoms with Crippen molar-refractivity contribution in [3.05, 3.63) is 70.0 Å². The molecule has 0 saturated heterocycles. The summed E-state index contributed by atoms with van der Waals surface area (Å²) in [6, 6.07) is 6.76. The molecule has 2 aromatic rings. The van der Waals surface area contributed by atoms with Crippen molar-refractivity contribution in [2.24, 2.45) is 0 Å². The summed E-state index contributed by atoms with van der Waals surface area (Å²) in [5, 5.41) is 12.4. The van der Waals surface area contributed by atoms with Crippen LogP contribution < -0.4 is 5.32 Å². The summed E-state index contributed by atoms with van der Waals surface area (Å²) in [6.45, 7) is -0.381. The number of benzene rings is 2.